The molecular formula is C18H19N5O. The second-order valence-electron chi connectivity index (χ2n) is 5.41. The minimum Gasteiger partial charge on any atom is -0.352 e. The fourth-order valence-electron chi connectivity index (χ4n) is 2.47. The highest BCUT2D eigenvalue weighted by Crippen LogP contribution is 2.09. The third-order valence-corrected chi connectivity index (χ3v) is 3.69. The van der Waals surface area contributed by atoms with Gasteiger partial charge in [0.25, 0.3) is 5.91 Å². The van der Waals surface area contributed by atoms with Crippen LogP contribution in [0.15, 0.2) is 61.3 Å². The van der Waals surface area contributed by atoms with Gasteiger partial charge in [-0.05, 0) is 37.0 Å². The zero-order chi connectivity index (χ0) is 16.6. The molecule has 0 saturated carbocycles. The van der Waals surface area contributed by atoms with Crippen molar-refractivity contribution in [3.63, 3.8) is 0 Å². The first kappa shape index (κ1) is 15.9. The molecule has 122 valence electrons. The molecule has 3 rings (SSSR count). The number of pyridine rings is 1. The zero-order valence-corrected chi connectivity index (χ0v) is 13.3. The van der Waals surface area contributed by atoms with Gasteiger partial charge >= 0.3 is 0 Å². The molecule has 0 aliphatic heterocycles. The molecule has 0 fully saturated rings. The van der Waals surface area contributed by atoms with Crippen LogP contribution < -0.4 is 5.32 Å². The Kier molecular flexibility index (Phi) is 5.29. The summed E-state index contributed by atoms with van der Waals surface area (Å²) < 4.78 is 1.49. The van der Waals surface area contributed by atoms with Gasteiger partial charge in [0.15, 0.2) is 5.82 Å². The Morgan fingerprint density at radius 3 is 2.75 bits per heavy atom. The lowest BCUT2D eigenvalue weighted by atomic mass is 10.1. The highest BCUT2D eigenvalue weighted by atomic mass is 16.1. The Hall–Kier alpha value is -3.02. The summed E-state index contributed by atoms with van der Waals surface area (Å²) in [5, 5.41) is 6.98. The lowest BCUT2D eigenvalue weighted by Crippen LogP contribution is -2.26. The van der Waals surface area contributed by atoms with Crippen molar-refractivity contribution in [2.24, 2.45) is 0 Å². The largest absolute Gasteiger partial charge is 0.352 e. The molecule has 2 aromatic heterocycles. The molecule has 0 radical (unpaired) electrons. The predicted molar refractivity (Wildman–Crippen MR) is 90.9 cm³/mol. The highest BCUT2D eigenvalue weighted by molar-refractivity contribution is 5.96. The van der Waals surface area contributed by atoms with Crippen molar-refractivity contribution in [3.05, 3.63) is 72.4 Å². The monoisotopic (exact) mass is 321 g/mol. The number of aryl methyl sites for hydroxylation is 1. The van der Waals surface area contributed by atoms with Gasteiger partial charge < -0.3 is 5.32 Å². The number of benzene rings is 1. The van der Waals surface area contributed by atoms with E-state index in [1.807, 2.05) is 18.2 Å². The number of nitrogens with zero attached hydrogens (tertiary/aromatic N) is 4. The molecule has 0 aliphatic rings. The maximum absolute atomic E-state index is 12.4. The number of hydrogen-bond acceptors (Lipinski definition) is 4. The van der Waals surface area contributed by atoms with Gasteiger partial charge in [-0.25, -0.2) is 14.6 Å². The number of aromatic nitrogens is 4. The van der Waals surface area contributed by atoms with Crippen molar-refractivity contribution in [1.29, 1.82) is 0 Å². The number of carbonyl (C=O) groups excluding carboxylic acids is 1. The summed E-state index contributed by atoms with van der Waals surface area (Å²) in [4.78, 5) is 20.5. The molecule has 1 aromatic carbocycles. The first-order valence-corrected chi connectivity index (χ1v) is 7.97. The molecule has 0 unspecified atom stereocenters. The second kappa shape index (κ2) is 8.01. The summed E-state index contributed by atoms with van der Waals surface area (Å²) in [6.45, 7) is 0.636. The van der Waals surface area contributed by atoms with E-state index in [4.69, 9.17) is 0 Å². The lowest BCUT2D eigenvalue weighted by Gasteiger charge is -2.09. The highest BCUT2D eigenvalue weighted by Gasteiger charge is 2.13. The standard InChI is InChI=1S/C18H19N5O/c24-18(21-11-5-4-9-15-7-2-1-3-8-15)16-10-6-12-20-17(16)23-14-19-13-22-23/h1-3,6-8,10,12-14H,4-5,9,11H2,(H,21,24). The first-order valence-electron chi connectivity index (χ1n) is 7.97. The van der Waals surface area contributed by atoms with Crippen molar-refractivity contribution >= 4 is 5.91 Å². The molecule has 0 bridgehead atoms. The molecule has 0 aliphatic carbocycles. The average molecular weight is 321 g/mol. The van der Waals surface area contributed by atoms with Gasteiger partial charge in [0, 0.05) is 12.7 Å². The smallest absolute Gasteiger partial charge is 0.255 e. The molecule has 3 aromatic rings. The maximum Gasteiger partial charge on any atom is 0.255 e. The van der Waals surface area contributed by atoms with Crippen LogP contribution in [0.25, 0.3) is 5.82 Å². The lowest BCUT2D eigenvalue weighted by molar-refractivity contribution is 0.0952. The van der Waals surface area contributed by atoms with Gasteiger partial charge in [-0.3, -0.25) is 4.79 Å². The third kappa shape index (κ3) is 4.04. The summed E-state index contributed by atoms with van der Waals surface area (Å²) in [5.41, 5.74) is 1.82. The summed E-state index contributed by atoms with van der Waals surface area (Å²) in [6, 6.07) is 13.8. The fourth-order valence-corrected chi connectivity index (χ4v) is 2.47. The third-order valence-electron chi connectivity index (χ3n) is 3.69. The Bertz CT molecular complexity index is 771. The van der Waals surface area contributed by atoms with Crippen molar-refractivity contribution in [3.8, 4) is 5.82 Å². The van der Waals surface area contributed by atoms with Crippen molar-refractivity contribution in [2.75, 3.05) is 6.54 Å². The molecule has 2 heterocycles. The number of carbonyl (C=O) groups is 1. The van der Waals surface area contributed by atoms with E-state index in [2.05, 4.69) is 32.5 Å². The van der Waals surface area contributed by atoms with Gasteiger partial charge in [-0.15, -0.1) is 0 Å². The SMILES string of the molecule is O=C(NCCCCc1ccccc1)c1cccnc1-n1cncn1. The molecule has 1 N–H and O–H groups in total. The van der Waals surface area contributed by atoms with Crippen molar-refractivity contribution in [1.82, 2.24) is 25.1 Å². The quantitative estimate of drug-likeness (QED) is 0.678. The molecular weight excluding hydrogens is 302 g/mol. The van der Waals surface area contributed by atoms with Crippen molar-refractivity contribution < 1.29 is 4.79 Å². The van der Waals surface area contributed by atoms with Crippen LogP contribution in [0.5, 0.6) is 0 Å². The Balaban J connectivity index is 1.51. The minimum atomic E-state index is -0.145. The molecule has 6 heteroatoms. The van der Waals surface area contributed by atoms with Crippen molar-refractivity contribution in [2.45, 2.75) is 19.3 Å². The summed E-state index contributed by atoms with van der Waals surface area (Å²) >= 11 is 0. The van der Waals surface area contributed by atoms with Crippen LogP contribution in [0, 0.1) is 0 Å². The van der Waals surface area contributed by atoms with Crippen LogP contribution in [0.3, 0.4) is 0 Å². The van der Waals surface area contributed by atoms with E-state index in [9.17, 15) is 4.79 Å². The van der Waals surface area contributed by atoms with E-state index < -0.39 is 0 Å². The Morgan fingerprint density at radius 1 is 1.08 bits per heavy atom. The van der Waals surface area contributed by atoms with E-state index in [0.717, 1.165) is 19.3 Å². The number of amides is 1. The fraction of sp³-hybridized carbons (Fsp3) is 0.222. The molecule has 0 saturated heterocycles. The van der Waals surface area contributed by atoms with Crippen LogP contribution >= 0.6 is 0 Å². The van der Waals surface area contributed by atoms with Crippen LogP contribution in [0.2, 0.25) is 0 Å². The van der Waals surface area contributed by atoms with Crippen LogP contribution in [-0.2, 0) is 6.42 Å². The van der Waals surface area contributed by atoms with Crippen LogP contribution in [0.4, 0.5) is 0 Å². The van der Waals surface area contributed by atoms with E-state index in [1.54, 1.807) is 18.3 Å². The van der Waals surface area contributed by atoms with Gasteiger partial charge in [0.2, 0.25) is 0 Å². The molecule has 24 heavy (non-hydrogen) atoms. The molecule has 0 spiro atoms. The van der Waals surface area contributed by atoms with Gasteiger partial charge in [-0.2, -0.15) is 5.10 Å². The number of unbranched alkanes of at least 4 members (excludes halogenated alkanes) is 1. The van der Waals surface area contributed by atoms with Crippen LogP contribution in [0.1, 0.15) is 28.8 Å². The van der Waals surface area contributed by atoms with E-state index in [-0.39, 0.29) is 5.91 Å². The van der Waals surface area contributed by atoms with Gasteiger partial charge in [0.05, 0.1) is 5.56 Å². The molecule has 0 atom stereocenters. The Labute approximate surface area is 140 Å². The topological polar surface area (TPSA) is 72.7 Å². The van der Waals surface area contributed by atoms with E-state index in [1.165, 1.54) is 22.9 Å². The number of rotatable bonds is 7. The zero-order valence-electron chi connectivity index (χ0n) is 13.3. The summed E-state index contributed by atoms with van der Waals surface area (Å²) in [6.07, 6.45) is 7.56. The van der Waals surface area contributed by atoms with E-state index >= 15 is 0 Å². The average Bonchev–Trinajstić information content (AvgIpc) is 3.17. The normalized spacial score (nSPS) is 10.5. The maximum atomic E-state index is 12.4. The van der Waals surface area contributed by atoms with E-state index in [0.29, 0.717) is 17.9 Å². The van der Waals surface area contributed by atoms with Gasteiger partial charge in [-0.1, -0.05) is 30.3 Å². The second-order valence-corrected chi connectivity index (χ2v) is 5.41. The summed E-state index contributed by atoms with van der Waals surface area (Å²) in [7, 11) is 0. The first-order chi connectivity index (χ1) is 11.8. The van der Waals surface area contributed by atoms with Gasteiger partial charge in [0.1, 0.15) is 12.7 Å². The number of hydrogen-bond donors (Lipinski definition) is 1. The summed E-state index contributed by atoms with van der Waals surface area (Å²) in [5.74, 6) is 0.338. The molecule has 6 nitrogen and oxygen atoms in total. The molecule has 1 amide bonds. The van der Waals surface area contributed by atoms with Crippen LogP contribution in [-0.4, -0.2) is 32.2 Å². The Morgan fingerprint density at radius 2 is 1.96 bits per heavy atom. The minimum absolute atomic E-state index is 0.145. The predicted octanol–water partition coefficient (Wildman–Crippen LogP) is 2.42. The number of nitrogens with one attached hydrogen (secondary N) is 1.